The maximum absolute atomic E-state index is 13.8. The van der Waals surface area contributed by atoms with Crippen molar-refractivity contribution < 1.29 is 0 Å². The van der Waals surface area contributed by atoms with Gasteiger partial charge in [0.15, 0.2) is 5.82 Å². The Balaban J connectivity index is 1.52. The summed E-state index contributed by atoms with van der Waals surface area (Å²) in [4.78, 5) is 20.4. The van der Waals surface area contributed by atoms with Crippen LogP contribution in [0.25, 0.3) is 10.9 Å². The van der Waals surface area contributed by atoms with Crippen LogP contribution < -0.4 is 5.56 Å². The highest BCUT2D eigenvalue weighted by atomic mass is 32.1. The Morgan fingerprint density at radius 3 is 2.41 bits per heavy atom. The molecule has 7 nitrogen and oxygen atoms in total. The van der Waals surface area contributed by atoms with Gasteiger partial charge in [-0.25, -0.2) is 4.68 Å². The smallest absolute Gasteiger partial charge is 0.253 e. The number of aryl methyl sites for hydroxylation is 1. The van der Waals surface area contributed by atoms with Crippen LogP contribution in [0.2, 0.25) is 0 Å². The number of H-pyrrole nitrogens is 1. The summed E-state index contributed by atoms with van der Waals surface area (Å²) in [6.07, 6.45) is 0. The third-order valence-corrected chi connectivity index (χ3v) is 7.70. The second kappa shape index (κ2) is 11.1. The topological polar surface area (TPSA) is 79.7 Å². The maximum atomic E-state index is 13.8. The second-order valence-corrected chi connectivity index (χ2v) is 10.7. The summed E-state index contributed by atoms with van der Waals surface area (Å²) < 4.78 is 1.81. The largest absolute Gasteiger partial charge is 0.322 e. The first-order valence-electron chi connectivity index (χ1n) is 12.9. The number of hydrogen-bond acceptors (Lipinski definition) is 6. The van der Waals surface area contributed by atoms with Gasteiger partial charge in [0.05, 0.1) is 6.54 Å². The van der Waals surface area contributed by atoms with Crippen LogP contribution in [-0.4, -0.2) is 30.1 Å². The van der Waals surface area contributed by atoms with E-state index in [-0.39, 0.29) is 5.56 Å². The molecule has 0 fully saturated rings. The van der Waals surface area contributed by atoms with Gasteiger partial charge in [0.1, 0.15) is 6.04 Å². The zero-order valence-electron chi connectivity index (χ0n) is 21.6. The Morgan fingerprint density at radius 2 is 1.67 bits per heavy atom. The van der Waals surface area contributed by atoms with Gasteiger partial charge in [-0.2, -0.15) is 0 Å². The van der Waals surface area contributed by atoms with E-state index in [9.17, 15) is 4.79 Å². The number of hydrogen-bond donors (Lipinski definition) is 1. The highest BCUT2D eigenvalue weighted by Gasteiger charge is 2.31. The lowest BCUT2D eigenvalue weighted by atomic mass is 10.0. The maximum Gasteiger partial charge on any atom is 0.253 e. The molecule has 0 aliphatic carbocycles. The quantitative estimate of drug-likeness (QED) is 0.257. The van der Waals surface area contributed by atoms with Crippen molar-refractivity contribution in [2.75, 3.05) is 0 Å². The van der Waals surface area contributed by atoms with Crippen molar-refractivity contribution in [3.63, 3.8) is 0 Å². The predicted octanol–water partition coefficient (Wildman–Crippen LogP) is 5.72. The third kappa shape index (κ3) is 5.57. The summed E-state index contributed by atoms with van der Waals surface area (Å²) in [5.74, 6) is 0.628. The summed E-state index contributed by atoms with van der Waals surface area (Å²) in [6, 6.07) is 32.2. The normalized spacial score (nSPS) is 12.3. The van der Waals surface area contributed by atoms with Gasteiger partial charge in [0.25, 0.3) is 5.56 Å². The number of nitrogens with zero attached hydrogens (tertiary/aromatic N) is 5. The van der Waals surface area contributed by atoms with E-state index >= 15 is 0 Å². The summed E-state index contributed by atoms with van der Waals surface area (Å²) in [5, 5.41) is 16.0. The van der Waals surface area contributed by atoms with Gasteiger partial charge < -0.3 is 4.98 Å². The molecule has 1 N–H and O–H groups in total. The second-order valence-electron chi connectivity index (χ2n) is 9.70. The molecule has 3 aromatic carbocycles. The van der Waals surface area contributed by atoms with Gasteiger partial charge in [-0.15, -0.1) is 16.4 Å². The molecular weight excluding hydrogens is 504 g/mol. The summed E-state index contributed by atoms with van der Waals surface area (Å²) in [5.41, 5.74) is 4.62. The van der Waals surface area contributed by atoms with Crippen molar-refractivity contribution in [1.82, 2.24) is 30.1 Å². The van der Waals surface area contributed by atoms with E-state index in [1.54, 1.807) is 11.3 Å². The van der Waals surface area contributed by atoms with Crippen LogP contribution in [0.3, 0.4) is 0 Å². The Bertz CT molecular complexity index is 1730. The first-order valence-corrected chi connectivity index (χ1v) is 13.8. The van der Waals surface area contributed by atoms with Crippen molar-refractivity contribution in [2.24, 2.45) is 0 Å². The molecular formula is C31H28N6OS. The molecule has 1 unspecified atom stereocenters. The molecule has 1 atom stereocenters. The number of nitrogens with one attached hydrogen (secondary N) is 1. The Labute approximate surface area is 230 Å². The third-order valence-electron chi connectivity index (χ3n) is 6.84. The van der Waals surface area contributed by atoms with Crippen molar-refractivity contribution in [3.05, 3.63) is 146 Å². The fraction of sp³-hybridized carbons (Fsp3) is 0.161. The minimum atomic E-state index is -0.486. The number of aromatic amines is 1. The molecule has 0 amide bonds. The Kier molecular flexibility index (Phi) is 7.12. The number of aromatic nitrogens is 5. The molecule has 0 saturated carbocycles. The van der Waals surface area contributed by atoms with Crippen LogP contribution in [0, 0.1) is 6.92 Å². The number of benzene rings is 3. The fourth-order valence-corrected chi connectivity index (χ4v) is 5.70. The fourth-order valence-electron chi connectivity index (χ4n) is 4.97. The minimum absolute atomic E-state index is 0.142. The van der Waals surface area contributed by atoms with Crippen molar-refractivity contribution in [2.45, 2.75) is 32.6 Å². The first-order chi connectivity index (χ1) is 19.1. The Morgan fingerprint density at radius 1 is 0.897 bits per heavy atom. The van der Waals surface area contributed by atoms with Crippen LogP contribution in [0.15, 0.2) is 107 Å². The lowest BCUT2D eigenvalue weighted by Crippen LogP contribution is -2.34. The van der Waals surface area contributed by atoms with Gasteiger partial charge in [-0.3, -0.25) is 9.69 Å². The molecule has 8 heteroatoms. The predicted molar refractivity (Wildman–Crippen MR) is 155 cm³/mol. The molecule has 0 saturated heterocycles. The standard InChI is InChI=1S/C31H28N6OS/c1-22-14-15-25-18-27(31(38)32-28(25)17-22)29(30-33-34-35-37(30)20-24-11-6-3-7-12-24)36(21-26-13-8-16-39-26)19-23-9-4-2-5-10-23/h2-18,29H,19-21H2,1H3,(H,32,38). The molecule has 0 radical (unpaired) electrons. The van der Waals surface area contributed by atoms with Crippen molar-refractivity contribution in [3.8, 4) is 0 Å². The molecule has 6 rings (SSSR count). The Hall–Kier alpha value is -4.40. The van der Waals surface area contributed by atoms with Crippen molar-refractivity contribution in [1.29, 1.82) is 0 Å². The van der Waals surface area contributed by atoms with Crippen LogP contribution in [0.5, 0.6) is 0 Å². The number of fused-ring (bicyclic) bond motifs is 1. The minimum Gasteiger partial charge on any atom is -0.322 e. The molecule has 194 valence electrons. The van der Waals surface area contributed by atoms with Gasteiger partial charge in [-0.05, 0) is 63.0 Å². The lowest BCUT2D eigenvalue weighted by Gasteiger charge is -2.31. The summed E-state index contributed by atoms with van der Waals surface area (Å²) in [6.45, 7) is 3.78. The SMILES string of the molecule is Cc1ccc2cc(C(c3nnnn3Cc3ccccc3)N(Cc3ccccc3)Cc3cccs3)c(=O)[nH]c2c1. The number of thiophene rings is 1. The molecule has 0 aliphatic rings. The van der Waals surface area contributed by atoms with Gasteiger partial charge in [-0.1, -0.05) is 78.9 Å². The number of pyridine rings is 1. The highest BCUT2D eigenvalue weighted by Crippen LogP contribution is 2.31. The van der Waals surface area contributed by atoms with E-state index in [0.29, 0.717) is 31.0 Å². The molecule has 39 heavy (non-hydrogen) atoms. The average Bonchev–Trinajstić information content (AvgIpc) is 3.63. The highest BCUT2D eigenvalue weighted by molar-refractivity contribution is 7.09. The number of tetrazole rings is 1. The van der Waals surface area contributed by atoms with E-state index in [2.05, 4.69) is 79.3 Å². The zero-order valence-corrected chi connectivity index (χ0v) is 22.4. The van der Waals surface area contributed by atoms with Crippen LogP contribution >= 0.6 is 11.3 Å². The van der Waals surface area contributed by atoms with Gasteiger partial charge >= 0.3 is 0 Å². The number of rotatable bonds is 9. The molecule has 0 bridgehead atoms. The van der Waals surface area contributed by atoms with Gasteiger partial charge in [0.2, 0.25) is 0 Å². The van der Waals surface area contributed by atoms with E-state index in [1.165, 1.54) is 4.88 Å². The average molecular weight is 533 g/mol. The van der Waals surface area contributed by atoms with Crippen molar-refractivity contribution >= 4 is 22.2 Å². The van der Waals surface area contributed by atoms with E-state index in [4.69, 9.17) is 0 Å². The molecule has 0 spiro atoms. The molecule has 0 aliphatic heterocycles. The zero-order chi connectivity index (χ0) is 26.6. The summed E-state index contributed by atoms with van der Waals surface area (Å²) in [7, 11) is 0. The van der Waals surface area contributed by atoms with Crippen LogP contribution in [0.1, 0.15) is 39.0 Å². The monoisotopic (exact) mass is 532 g/mol. The lowest BCUT2D eigenvalue weighted by molar-refractivity contribution is 0.196. The summed E-state index contributed by atoms with van der Waals surface area (Å²) >= 11 is 1.70. The van der Waals surface area contributed by atoms with Gasteiger partial charge in [0, 0.05) is 29.0 Å². The van der Waals surface area contributed by atoms with E-state index in [0.717, 1.165) is 27.6 Å². The van der Waals surface area contributed by atoms with E-state index in [1.807, 2.05) is 60.1 Å². The first kappa shape index (κ1) is 24.9. The molecule has 3 heterocycles. The van der Waals surface area contributed by atoms with Crippen LogP contribution in [0.4, 0.5) is 0 Å². The molecule has 3 aromatic heterocycles. The van der Waals surface area contributed by atoms with E-state index < -0.39 is 6.04 Å². The van der Waals surface area contributed by atoms with Crippen LogP contribution in [-0.2, 0) is 19.6 Å². The molecule has 6 aromatic rings.